The van der Waals surface area contributed by atoms with Gasteiger partial charge in [-0.05, 0) is 30.2 Å². The Kier molecular flexibility index (Phi) is 7.22. The highest BCUT2D eigenvalue weighted by Gasteiger charge is 2.31. The monoisotopic (exact) mass is 416 g/mol. The Labute approximate surface area is 162 Å². The first-order valence-corrected chi connectivity index (χ1v) is 8.47. The number of nitrogens with zero attached hydrogens (tertiary/aromatic N) is 1. The van der Waals surface area contributed by atoms with Crippen molar-refractivity contribution in [1.29, 1.82) is 0 Å². The van der Waals surface area contributed by atoms with E-state index in [-0.39, 0.29) is 0 Å². The number of carbonyl (C=O) groups excluding carboxylic acids is 2. The minimum Gasteiger partial charge on any atom is -0.454 e. The maximum Gasteiger partial charge on any atom is 0.417 e. The van der Waals surface area contributed by atoms with E-state index in [0.717, 1.165) is 5.56 Å². The maximum atomic E-state index is 12.7. The molecular weight excluding hydrogens is 401 g/mol. The molecule has 2 rings (SSSR count). The Hall–Kier alpha value is -2.81. The predicted molar refractivity (Wildman–Crippen MR) is 94.8 cm³/mol. The summed E-state index contributed by atoms with van der Waals surface area (Å²) in [5.41, 5.74) is -0.914. The Balaban J connectivity index is 1.78. The summed E-state index contributed by atoms with van der Waals surface area (Å²) in [5.74, 6) is -1.58. The van der Waals surface area contributed by atoms with E-state index < -0.39 is 42.3 Å². The summed E-state index contributed by atoms with van der Waals surface area (Å²) in [4.78, 5) is 34.9. The fraction of sp³-hybridized carbons (Fsp3) is 0.278. The highest BCUT2D eigenvalue weighted by atomic mass is 35.5. The van der Waals surface area contributed by atoms with Crippen LogP contribution in [0.4, 0.5) is 13.2 Å². The van der Waals surface area contributed by atoms with Gasteiger partial charge >= 0.3 is 12.1 Å². The molecule has 150 valence electrons. The Morgan fingerprint density at radius 1 is 1.11 bits per heavy atom. The van der Waals surface area contributed by atoms with Gasteiger partial charge in [0.25, 0.3) is 11.5 Å². The minimum absolute atomic E-state index is 0.297. The van der Waals surface area contributed by atoms with E-state index in [0.29, 0.717) is 40.9 Å². The number of esters is 1. The summed E-state index contributed by atoms with van der Waals surface area (Å²) < 4.78 is 43.3. The number of rotatable bonds is 7. The first-order chi connectivity index (χ1) is 13.1. The van der Waals surface area contributed by atoms with Crippen molar-refractivity contribution < 1.29 is 27.5 Å². The first-order valence-electron chi connectivity index (χ1n) is 8.09. The van der Waals surface area contributed by atoms with Crippen molar-refractivity contribution in [2.45, 2.75) is 19.1 Å². The molecule has 0 saturated carbocycles. The summed E-state index contributed by atoms with van der Waals surface area (Å²) in [6.45, 7) is -1.04. The van der Waals surface area contributed by atoms with Gasteiger partial charge in [0.05, 0.1) is 5.56 Å². The van der Waals surface area contributed by atoms with Gasteiger partial charge in [-0.1, -0.05) is 23.7 Å². The SMILES string of the molecule is O=C(COC(=O)Cn1cc(C(F)(F)F)ccc1=O)NCCc1ccc(Cl)cc1. The van der Waals surface area contributed by atoms with Gasteiger partial charge in [0.15, 0.2) is 6.61 Å². The van der Waals surface area contributed by atoms with Crippen molar-refractivity contribution >= 4 is 23.5 Å². The standard InChI is InChI=1S/C18H16ClF3N2O4/c19-14-4-1-12(2-5-14)7-8-23-15(25)11-28-17(27)10-24-9-13(18(20,21)22)3-6-16(24)26/h1-6,9H,7-8,10-11H2,(H,23,25). The lowest BCUT2D eigenvalue weighted by atomic mass is 10.1. The van der Waals surface area contributed by atoms with Crippen LogP contribution in [0.2, 0.25) is 5.02 Å². The van der Waals surface area contributed by atoms with Crippen LogP contribution in [0.1, 0.15) is 11.1 Å². The van der Waals surface area contributed by atoms with Crippen LogP contribution in [0, 0.1) is 0 Å². The summed E-state index contributed by atoms with van der Waals surface area (Å²) in [6.07, 6.45) is -3.59. The van der Waals surface area contributed by atoms with Gasteiger partial charge in [-0.15, -0.1) is 0 Å². The van der Waals surface area contributed by atoms with E-state index in [1.54, 1.807) is 24.3 Å². The van der Waals surface area contributed by atoms with Gasteiger partial charge in [-0.2, -0.15) is 13.2 Å². The van der Waals surface area contributed by atoms with Crippen LogP contribution in [-0.4, -0.2) is 29.6 Å². The Bertz CT molecular complexity index is 895. The van der Waals surface area contributed by atoms with Gasteiger partial charge in [0.2, 0.25) is 0 Å². The average Bonchev–Trinajstić information content (AvgIpc) is 2.62. The molecule has 6 nitrogen and oxygen atoms in total. The van der Waals surface area contributed by atoms with E-state index in [9.17, 15) is 27.6 Å². The topological polar surface area (TPSA) is 77.4 Å². The fourth-order valence-electron chi connectivity index (χ4n) is 2.20. The molecule has 0 unspecified atom stereocenters. The second-order valence-corrected chi connectivity index (χ2v) is 6.21. The highest BCUT2D eigenvalue weighted by Crippen LogP contribution is 2.27. The molecule has 1 amide bonds. The van der Waals surface area contributed by atoms with Gasteiger partial charge < -0.3 is 14.6 Å². The van der Waals surface area contributed by atoms with Crippen molar-refractivity contribution in [2.24, 2.45) is 0 Å². The highest BCUT2D eigenvalue weighted by molar-refractivity contribution is 6.30. The fourth-order valence-corrected chi connectivity index (χ4v) is 2.33. The first kappa shape index (κ1) is 21.5. The predicted octanol–water partition coefficient (Wildman–Crippen LogP) is 2.42. The third-order valence-electron chi connectivity index (χ3n) is 3.62. The van der Waals surface area contributed by atoms with Crippen molar-refractivity contribution in [3.8, 4) is 0 Å². The maximum absolute atomic E-state index is 12.7. The molecule has 0 radical (unpaired) electrons. The van der Waals surface area contributed by atoms with Crippen LogP contribution in [0.25, 0.3) is 0 Å². The van der Waals surface area contributed by atoms with E-state index in [1.807, 2.05) is 0 Å². The zero-order valence-electron chi connectivity index (χ0n) is 14.5. The molecule has 0 atom stereocenters. The van der Waals surface area contributed by atoms with Crippen LogP contribution < -0.4 is 10.9 Å². The molecular formula is C18H16ClF3N2O4. The lowest BCUT2D eigenvalue weighted by Gasteiger charge is -2.11. The molecule has 0 fully saturated rings. The summed E-state index contributed by atoms with van der Waals surface area (Å²) in [5, 5.41) is 3.14. The van der Waals surface area contributed by atoms with Crippen LogP contribution in [0.15, 0.2) is 47.4 Å². The second kappa shape index (κ2) is 9.41. The number of carbonyl (C=O) groups is 2. The number of ether oxygens (including phenoxy) is 1. The smallest absolute Gasteiger partial charge is 0.417 e. The van der Waals surface area contributed by atoms with Crippen LogP contribution in [0.5, 0.6) is 0 Å². The minimum atomic E-state index is -4.65. The Morgan fingerprint density at radius 3 is 2.43 bits per heavy atom. The summed E-state index contributed by atoms with van der Waals surface area (Å²) >= 11 is 5.77. The number of pyridine rings is 1. The number of nitrogens with one attached hydrogen (secondary N) is 1. The second-order valence-electron chi connectivity index (χ2n) is 5.77. The molecule has 1 N–H and O–H groups in total. The number of hydrogen-bond acceptors (Lipinski definition) is 4. The number of amides is 1. The van der Waals surface area contributed by atoms with E-state index in [4.69, 9.17) is 16.3 Å². The molecule has 0 saturated heterocycles. The molecule has 1 aromatic carbocycles. The van der Waals surface area contributed by atoms with Gasteiger partial charge in [0.1, 0.15) is 6.54 Å². The zero-order chi connectivity index (χ0) is 20.7. The molecule has 28 heavy (non-hydrogen) atoms. The number of halogens is 4. The average molecular weight is 417 g/mol. The van der Waals surface area contributed by atoms with Crippen molar-refractivity contribution in [3.63, 3.8) is 0 Å². The molecule has 1 aromatic heterocycles. The normalized spacial score (nSPS) is 11.1. The summed E-state index contributed by atoms with van der Waals surface area (Å²) in [6, 6.07) is 8.38. The molecule has 0 bridgehead atoms. The lowest BCUT2D eigenvalue weighted by Crippen LogP contribution is -2.32. The van der Waals surface area contributed by atoms with Crippen molar-refractivity contribution in [2.75, 3.05) is 13.2 Å². The van der Waals surface area contributed by atoms with Crippen molar-refractivity contribution in [1.82, 2.24) is 9.88 Å². The molecule has 10 heteroatoms. The van der Waals surface area contributed by atoms with Crippen molar-refractivity contribution in [3.05, 3.63) is 69.1 Å². The number of benzene rings is 1. The van der Waals surface area contributed by atoms with Crippen LogP contribution in [-0.2, 0) is 33.5 Å². The number of alkyl halides is 3. The molecule has 0 aliphatic carbocycles. The Morgan fingerprint density at radius 2 is 1.79 bits per heavy atom. The van der Waals surface area contributed by atoms with Gasteiger partial charge in [0, 0.05) is 23.8 Å². The van der Waals surface area contributed by atoms with E-state index in [2.05, 4.69) is 5.32 Å². The zero-order valence-corrected chi connectivity index (χ0v) is 15.2. The third-order valence-corrected chi connectivity index (χ3v) is 3.88. The number of hydrogen-bond donors (Lipinski definition) is 1. The van der Waals surface area contributed by atoms with Crippen LogP contribution >= 0.6 is 11.6 Å². The summed E-state index contributed by atoms with van der Waals surface area (Å²) in [7, 11) is 0. The largest absolute Gasteiger partial charge is 0.454 e. The quantitative estimate of drug-likeness (QED) is 0.703. The molecule has 0 aliphatic rings. The van der Waals surface area contributed by atoms with E-state index in [1.165, 1.54) is 0 Å². The molecule has 2 aromatic rings. The third kappa shape index (κ3) is 6.73. The number of aromatic nitrogens is 1. The molecule has 1 heterocycles. The van der Waals surface area contributed by atoms with Gasteiger partial charge in [-0.25, -0.2) is 0 Å². The van der Waals surface area contributed by atoms with E-state index >= 15 is 0 Å². The molecule has 0 aliphatic heterocycles. The van der Waals surface area contributed by atoms with Gasteiger partial charge in [-0.3, -0.25) is 14.4 Å². The molecule has 0 spiro atoms. The lowest BCUT2D eigenvalue weighted by molar-refractivity contribution is -0.149. The van der Waals surface area contributed by atoms with Crippen LogP contribution in [0.3, 0.4) is 0 Å².